The summed E-state index contributed by atoms with van der Waals surface area (Å²) in [6.07, 6.45) is 2.29. The first kappa shape index (κ1) is 9.86. The molecule has 2 unspecified atom stereocenters. The summed E-state index contributed by atoms with van der Waals surface area (Å²) >= 11 is 1.63. The lowest BCUT2D eigenvalue weighted by molar-refractivity contribution is 0.121. The van der Waals surface area contributed by atoms with Crippen LogP contribution in [0.1, 0.15) is 25.3 Å². The Labute approximate surface area is 87.7 Å². The summed E-state index contributed by atoms with van der Waals surface area (Å²) in [6.45, 7) is 5.02. The first-order valence-electron chi connectivity index (χ1n) is 5.00. The zero-order valence-corrected chi connectivity index (χ0v) is 9.30. The maximum absolute atomic E-state index is 5.46. The number of nitrogens with zero attached hydrogens (tertiary/aromatic N) is 2. The van der Waals surface area contributed by atoms with Crippen LogP contribution in [0.15, 0.2) is 0 Å². The summed E-state index contributed by atoms with van der Waals surface area (Å²) in [5.41, 5.74) is 0. The van der Waals surface area contributed by atoms with Crippen LogP contribution in [0.2, 0.25) is 0 Å². The van der Waals surface area contributed by atoms with E-state index in [1.54, 1.807) is 11.3 Å². The number of hydrogen-bond donors (Lipinski definition) is 1. The van der Waals surface area contributed by atoms with Crippen molar-refractivity contribution in [3.63, 3.8) is 0 Å². The van der Waals surface area contributed by atoms with Crippen LogP contribution in [0.5, 0.6) is 0 Å². The van der Waals surface area contributed by atoms with Gasteiger partial charge >= 0.3 is 0 Å². The average molecular weight is 213 g/mol. The number of anilines is 1. The largest absolute Gasteiger partial charge is 0.376 e. The molecule has 4 nitrogen and oxygen atoms in total. The summed E-state index contributed by atoms with van der Waals surface area (Å²) in [4.78, 5) is 0. The predicted octanol–water partition coefficient (Wildman–Crippen LogP) is 1.69. The zero-order chi connectivity index (χ0) is 9.97. The van der Waals surface area contributed by atoms with Gasteiger partial charge in [-0.05, 0) is 19.8 Å². The van der Waals surface area contributed by atoms with E-state index < -0.39 is 0 Å². The Balaban J connectivity index is 1.96. The second-order valence-electron chi connectivity index (χ2n) is 3.47. The van der Waals surface area contributed by atoms with Crippen LogP contribution >= 0.6 is 11.3 Å². The number of ether oxygens (including phenoxy) is 1. The Kier molecular flexibility index (Phi) is 2.98. The van der Waals surface area contributed by atoms with Gasteiger partial charge in [-0.25, -0.2) is 0 Å². The van der Waals surface area contributed by atoms with Crippen LogP contribution in [0, 0.1) is 0 Å². The predicted molar refractivity (Wildman–Crippen MR) is 56.7 cm³/mol. The van der Waals surface area contributed by atoms with Gasteiger partial charge in [-0.2, -0.15) is 0 Å². The minimum atomic E-state index is 0.281. The van der Waals surface area contributed by atoms with Crippen LogP contribution in [0.3, 0.4) is 0 Å². The van der Waals surface area contributed by atoms with Crippen molar-refractivity contribution < 1.29 is 4.74 Å². The van der Waals surface area contributed by atoms with Gasteiger partial charge in [-0.1, -0.05) is 18.3 Å². The molecule has 1 fully saturated rings. The summed E-state index contributed by atoms with van der Waals surface area (Å²) in [7, 11) is 0. The third-order valence-corrected chi connectivity index (χ3v) is 3.45. The van der Waals surface area contributed by atoms with Gasteiger partial charge in [-0.3, -0.25) is 0 Å². The molecule has 78 valence electrons. The molecule has 1 aromatic heterocycles. The molecule has 0 bridgehead atoms. The van der Waals surface area contributed by atoms with Gasteiger partial charge in [0.15, 0.2) is 0 Å². The van der Waals surface area contributed by atoms with Crippen LogP contribution in [0.25, 0.3) is 0 Å². The quantitative estimate of drug-likeness (QED) is 0.830. The average Bonchev–Trinajstić information content (AvgIpc) is 2.77. The van der Waals surface area contributed by atoms with Gasteiger partial charge in [0.2, 0.25) is 5.13 Å². The Hall–Kier alpha value is -0.680. The van der Waals surface area contributed by atoms with E-state index in [9.17, 15) is 0 Å². The SMILES string of the molecule is CCc1nnc(NC2CCOC2C)s1. The van der Waals surface area contributed by atoms with Crippen LogP contribution in [-0.4, -0.2) is 29.0 Å². The van der Waals surface area contributed by atoms with Gasteiger partial charge in [-0.15, -0.1) is 10.2 Å². The number of aromatic nitrogens is 2. The van der Waals surface area contributed by atoms with Crippen LogP contribution < -0.4 is 5.32 Å². The van der Waals surface area contributed by atoms with Crippen LogP contribution in [-0.2, 0) is 11.2 Å². The molecule has 2 atom stereocenters. The van der Waals surface area contributed by atoms with E-state index in [4.69, 9.17) is 4.74 Å². The van der Waals surface area contributed by atoms with Crippen molar-refractivity contribution in [3.05, 3.63) is 5.01 Å². The lowest BCUT2D eigenvalue weighted by Crippen LogP contribution is -2.26. The molecule has 14 heavy (non-hydrogen) atoms. The maximum Gasteiger partial charge on any atom is 0.205 e. The number of nitrogens with one attached hydrogen (secondary N) is 1. The van der Waals surface area contributed by atoms with E-state index in [1.807, 2.05) is 0 Å². The molecule has 2 rings (SSSR count). The molecule has 0 radical (unpaired) electrons. The van der Waals surface area contributed by atoms with Crippen molar-refractivity contribution in [2.24, 2.45) is 0 Å². The molecule has 0 aromatic carbocycles. The van der Waals surface area contributed by atoms with Crippen molar-refractivity contribution in [2.45, 2.75) is 38.8 Å². The highest BCUT2D eigenvalue weighted by atomic mass is 32.1. The highest BCUT2D eigenvalue weighted by Crippen LogP contribution is 2.21. The topological polar surface area (TPSA) is 47.0 Å². The smallest absolute Gasteiger partial charge is 0.205 e. The van der Waals surface area contributed by atoms with Crippen molar-refractivity contribution >= 4 is 16.5 Å². The zero-order valence-electron chi connectivity index (χ0n) is 8.49. The molecule has 1 N–H and O–H groups in total. The Morgan fingerprint density at radius 2 is 2.43 bits per heavy atom. The Bertz CT molecular complexity index is 302. The molecule has 1 aromatic rings. The summed E-state index contributed by atoms with van der Waals surface area (Å²) in [6, 6.07) is 0.396. The van der Waals surface area contributed by atoms with Gasteiger partial charge in [0.25, 0.3) is 0 Å². The molecule has 5 heteroatoms. The maximum atomic E-state index is 5.46. The normalized spacial score (nSPS) is 26.7. The molecule has 0 aliphatic carbocycles. The fraction of sp³-hybridized carbons (Fsp3) is 0.778. The number of hydrogen-bond acceptors (Lipinski definition) is 5. The number of rotatable bonds is 3. The fourth-order valence-corrected chi connectivity index (χ4v) is 2.28. The first-order chi connectivity index (χ1) is 6.79. The third-order valence-electron chi connectivity index (χ3n) is 2.45. The molecule has 0 saturated carbocycles. The van der Waals surface area contributed by atoms with E-state index in [-0.39, 0.29) is 6.10 Å². The second kappa shape index (κ2) is 4.23. The first-order valence-corrected chi connectivity index (χ1v) is 5.81. The van der Waals surface area contributed by atoms with E-state index >= 15 is 0 Å². The van der Waals surface area contributed by atoms with E-state index in [0.29, 0.717) is 6.04 Å². The summed E-state index contributed by atoms with van der Waals surface area (Å²) in [5.74, 6) is 0. The molecular weight excluding hydrogens is 198 g/mol. The van der Waals surface area contributed by atoms with Gasteiger partial charge in [0.1, 0.15) is 5.01 Å². The van der Waals surface area contributed by atoms with E-state index in [0.717, 1.165) is 29.6 Å². The second-order valence-corrected chi connectivity index (χ2v) is 4.53. The van der Waals surface area contributed by atoms with Crippen molar-refractivity contribution in [2.75, 3.05) is 11.9 Å². The highest BCUT2D eigenvalue weighted by Gasteiger charge is 2.24. The minimum absolute atomic E-state index is 0.281. The molecule has 0 spiro atoms. The van der Waals surface area contributed by atoms with Crippen molar-refractivity contribution in [3.8, 4) is 0 Å². The Morgan fingerprint density at radius 1 is 1.57 bits per heavy atom. The fourth-order valence-electron chi connectivity index (χ4n) is 1.53. The summed E-state index contributed by atoms with van der Waals surface area (Å²) in [5, 5.41) is 13.5. The third kappa shape index (κ3) is 2.04. The molecule has 1 aliphatic rings. The van der Waals surface area contributed by atoms with Gasteiger partial charge in [0, 0.05) is 6.61 Å². The molecule has 0 amide bonds. The Morgan fingerprint density at radius 3 is 3.00 bits per heavy atom. The number of aryl methyl sites for hydroxylation is 1. The molecule has 1 aliphatic heterocycles. The van der Waals surface area contributed by atoms with Crippen molar-refractivity contribution in [1.29, 1.82) is 0 Å². The van der Waals surface area contributed by atoms with E-state index in [2.05, 4.69) is 29.4 Å². The van der Waals surface area contributed by atoms with Crippen molar-refractivity contribution in [1.82, 2.24) is 10.2 Å². The molecule has 1 saturated heterocycles. The molecule has 2 heterocycles. The monoisotopic (exact) mass is 213 g/mol. The lowest BCUT2D eigenvalue weighted by Gasteiger charge is -2.14. The minimum Gasteiger partial charge on any atom is -0.376 e. The molecular formula is C9H15N3OS. The van der Waals surface area contributed by atoms with Gasteiger partial charge < -0.3 is 10.1 Å². The standard InChI is InChI=1S/C9H15N3OS/c1-3-8-11-12-9(14-8)10-7-4-5-13-6(7)2/h6-7H,3-5H2,1-2H3,(H,10,12). The van der Waals surface area contributed by atoms with Gasteiger partial charge in [0.05, 0.1) is 12.1 Å². The van der Waals surface area contributed by atoms with Crippen LogP contribution in [0.4, 0.5) is 5.13 Å². The lowest BCUT2D eigenvalue weighted by atomic mass is 10.2. The van der Waals surface area contributed by atoms with E-state index in [1.165, 1.54) is 0 Å². The highest BCUT2D eigenvalue weighted by molar-refractivity contribution is 7.15. The summed E-state index contributed by atoms with van der Waals surface area (Å²) < 4.78 is 5.46.